The molecule has 76 valence electrons. The van der Waals surface area contributed by atoms with Crippen molar-refractivity contribution in [2.24, 2.45) is 5.73 Å². The SMILES string of the molecule is CCC(C#N)S(=O)(=O)NC(C)CN. The first-order valence-electron chi connectivity index (χ1n) is 4.08. The highest BCUT2D eigenvalue weighted by atomic mass is 32.2. The number of nitrogens with two attached hydrogens (primary N) is 1. The van der Waals surface area contributed by atoms with Crippen LogP contribution in [0.4, 0.5) is 0 Å². The Morgan fingerprint density at radius 1 is 1.62 bits per heavy atom. The largest absolute Gasteiger partial charge is 0.329 e. The van der Waals surface area contributed by atoms with Crippen molar-refractivity contribution in [2.45, 2.75) is 31.6 Å². The molecular formula is C7H15N3O2S. The molecule has 0 rings (SSSR count). The molecule has 0 fully saturated rings. The number of hydrogen-bond donors (Lipinski definition) is 2. The van der Waals surface area contributed by atoms with E-state index in [9.17, 15) is 8.42 Å². The molecule has 0 aliphatic carbocycles. The van der Waals surface area contributed by atoms with Gasteiger partial charge in [-0.25, -0.2) is 13.1 Å². The first-order valence-corrected chi connectivity index (χ1v) is 5.63. The van der Waals surface area contributed by atoms with Crippen LogP contribution in [0.1, 0.15) is 20.3 Å². The zero-order chi connectivity index (χ0) is 10.5. The number of rotatable bonds is 5. The number of nitriles is 1. The summed E-state index contributed by atoms with van der Waals surface area (Å²) in [6, 6.07) is 1.40. The highest BCUT2D eigenvalue weighted by Gasteiger charge is 2.24. The lowest BCUT2D eigenvalue weighted by molar-refractivity contribution is 0.554. The minimum atomic E-state index is -3.52. The van der Waals surface area contributed by atoms with Gasteiger partial charge in [-0.1, -0.05) is 6.92 Å². The average molecular weight is 205 g/mol. The van der Waals surface area contributed by atoms with Gasteiger partial charge in [-0.3, -0.25) is 0 Å². The molecule has 0 spiro atoms. The van der Waals surface area contributed by atoms with Crippen molar-refractivity contribution in [2.75, 3.05) is 6.54 Å². The molecule has 0 saturated heterocycles. The lowest BCUT2D eigenvalue weighted by Crippen LogP contribution is -2.42. The van der Waals surface area contributed by atoms with Gasteiger partial charge in [0.2, 0.25) is 10.0 Å². The highest BCUT2D eigenvalue weighted by Crippen LogP contribution is 2.03. The Kier molecular flexibility index (Phi) is 4.91. The van der Waals surface area contributed by atoms with Crippen LogP contribution in [0.25, 0.3) is 0 Å². The number of sulfonamides is 1. The van der Waals surface area contributed by atoms with Gasteiger partial charge in [0.1, 0.15) is 0 Å². The van der Waals surface area contributed by atoms with E-state index >= 15 is 0 Å². The molecule has 0 saturated carbocycles. The molecule has 0 amide bonds. The van der Waals surface area contributed by atoms with E-state index in [2.05, 4.69) is 4.72 Å². The van der Waals surface area contributed by atoms with Crippen molar-refractivity contribution in [1.82, 2.24) is 4.72 Å². The molecule has 3 N–H and O–H groups in total. The van der Waals surface area contributed by atoms with Crippen LogP contribution in [0.2, 0.25) is 0 Å². The molecule has 6 heteroatoms. The minimum absolute atomic E-state index is 0.223. The van der Waals surface area contributed by atoms with Gasteiger partial charge >= 0.3 is 0 Å². The molecule has 0 aliphatic rings. The van der Waals surface area contributed by atoms with E-state index in [0.29, 0.717) is 0 Å². The topological polar surface area (TPSA) is 96.0 Å². The summed E-state index contributed by atoms with van der Waals surface area (Å²) >= 11 is 0. The minimum Gasteiger partial charge on any atom is -0.329 e. The van der Waals surface area contributed by atoms with Gasteiger partial charge in [0.15, 0.2) is 5.25 Å². The summed E-state index contributed by atoms with van der Waals surface area (Å²) in [5.41, 5.74) is 5.25. The van der Waals surface area contributed by atoms with Crippen LogP contribution in [0.15, 0.2) is 0 Å². The molecule has 0 bridgehead atoms. The van der Waals surface area contributed by atoms with E-state index < -0.39 is 15.3 Å². The molecule has 0 aromatic heterocycles. The van der Waals surface area contributed by atoms with Crippen molar-refractivity contribution >= 4 is 10.0 Å². The Bertz CT molecular complexity index is 281. The maximum Gasteiger partial charge on any atom is 0.228 e. The second-order valence-corrected chi connectivity index (χ2v) is 4.72. The molecule has 0 radical (unpaired) electrons. The average Bonchev–Trinajstić information content (AvgIpc) is 2.05. The van der Waals surface area contributed by atoms with Gasteiger partial charge in [-0.15, -0.1) is 0 Å². The number of nitrogens with one attached hydrogen (secondary N) is 1. The summed E-state index contributed by atoms with van der Waals surface area (Å²) in [4.78, 5) is 0. The molecule has 0 aromatic carbocycles. The van der Waals surface area contributed by atoms with Gasteiger partial charge in [-0.2, -0.15) is 5.26 Å². The Hall–Kier alpha value is -0.640. The number of nitrogens with zero attached hydrogens (tertiary/aromatic N) is 1. The van der Waals surface area contributed by atoms with Crippen molar-refractivity contribution < 1.29 is 8.42 Å². The van der Waals surface area contributed by atoms with Gasteiger partial charge in [0, 0.05) is 12.6 Å². The normalized spacial score (nSPS) is 16.2. The summed E-state index contributed by atoms with van der Waals surface area (Å²) in [5.74, 6) is 0. The predicted octanol–water partition coefficient (Wildman–Crippen LogP) is -0.445. The molecule has 0 aliphatic heterocycles. The Balaban J connectivity index is 4.50. The second-order valence-electron chi connectivity index (χ2n) is 2.83. The van der Waals surface area contributed by atoms with Gasteiger partial charge in [-0.05, 0) is 13.3 Å². The highest BCUT2D eigenvalue weighted by molar-refractivity contribution is 7.90. The first kappa shape index (κ1) is 12.4. The van der Waals surface area contributed by atoms with Crippen molar-refractivity contribution in [3.8, 4) is 6.07 Å². The zero-order valence-corrected chi connectivity index (χ0v) is 8.63. The Labute approximate surface area is 79.0 Å². The van der Waals surface area contributed by atoms with E-state index in [1.54, 1.807) is 19.9 Å². The fraction of sp³-hybridized carbons (Fsp3) is 0.857. The molecule has 13 heavy (non-hydrogen) atoms. The third kappa shape index (κ3) is 3.72. The summed E-state index contributed by atoms with van der Waals surface area (Å²) in [7, 11) is -3.52. The molecule has 0 heterocycles. The molecule has 0 aromatic rings. The summed E-state index contributed by atoms with van der Waals surface area (Å²) in [6.07, 6.45) is 0.281. The zero-order valence-electron chi connectivity index (χ0n) is 7.82. The second kappa shape index (κ2) is 5.17. The van der Waals surface area contributed by atoms with Crippen LogP contribution in [0, 0.1) is 11.3 Å². The molecule has 2 unspecified atom stereocenters. The Morgan fingerprint density at radius 2 is 2.15 bits per heavy atom. The maximum atomic E-state index is 11.4. The third-order valence-corrected chi connectivity index (χ3v) is 3.53. The van der Waals surface area contributed by atoms with E-state index in [4.69, 9.17) is 11.0 Å². The number of hydrogen-bond acceptors (Lipinski definition) is 4. The van der Waals surface area contributed by atoms with E-state index in [0.717, 1.165) is 0 Å². The monoisotopic (exact) mass is 205 g/mol. The first-order chi connectivity index (χ1) is 5.97. The fourth-order valence-corrected chi connectivity index (χ4v) is 2.19. The smallest absolute Gasteiger partial charge is 0.228 e. The summed E-state index contributed by atoms with van der Waals surface area (Å²) < 4.78 is 25.1. The van der Waals surface area contributed by atoms with E-state index in [1.165, 1.54) is 0 Å². The van der Waals surface area contributed by atoms with Gasteiger partial charge in [0.05, 0.1) is 6.07 Å². The lowest BCUT2D eigenvalue weighted by atomic mass is 10.4. The third-order valence-electron chi connectivity index (χ3n) is 1.61. The lowest BCUT2D eigenvalue weighted by Gasteiger charge is -2.14. The van der Waals surface area contributed by atoms with Crippen molar-refractivity contribution in [3.63, 3.8) is 0 Å². The van der Waals surface area contributed by atoms with Crippen LogP contribution >= 0.6 is 0 Å². The molecular weight excluding hydrogens is 190 g/mol. The summed E-state index contributed by atoms with van der Waals surface area (Å²) in [5, 5.41) is 7.56. The van der Waals surface area contributed by atoms with E-state index in [1.807, 2.05) is 0 Å². The van der Waals surface area contributed by atoms with Crippen molar-refractivity contribution in [3.05, 3.63) is 0 Å². The molecule has 2 atom stereocenters. The molecule has 5 nitrogen and oxygen atoms in total. The summed E-state index contributed by atoms with van der Waals surface area (Å²) in [6.45, 7) is 3.53. The van der Waals surface area contributed by atoms with Crippen LogP contribution in [-0.2, 0) is 10.0 Å². The predicted molar refractivity (Wildman–Crippen MR) is 50.3 cm³/mol. The van der Waals surface area contributed by atoms with Gasteiger partial charge < -0.3 is 5.73 Å². The van der Waals surface area contributed by atoms with Crippen LogP contribution in [0.3, 0.4) is 0 Å². The fourth-order valence-electron chi connectivity index (χ4n) is 0.791. The van der Waals surface area contributed by atoms with Crippen LogP contribution in [-0.4, -0.2) is 26.3 Å². The van der Waals surface area contributed by atoms with E-state index in [-0.39, 0.29) is 19.0 Å². The van der Waals surface area contributed by atoms with Crippen molar-refractivity contribution in [1.29, 1.82) is 5.26 Å². The maximum absolute atomic E-state index is 11.4. The van der Waals surface area contributed by atoms with Crippen LogP contribution < -0.4 is 10.5 Å². The van der Waals surface area contributed by atoms with Gasteiger partial charge in [0.25, 0.3) is 0 Å². The Morgan fingerprint density at radius 3 is 2.46 bits per heavy atom. The quantitative estimate of drug-likeness (QED) is 0.635. The van der Waals surface area contributed by atoms with Crippen LogP contribution in [0.5, 0.6) is 0 Å². The standard InChI is InChI=1S/C7H15N3O2S/c1-3-7(5-9)13(11,12)10-6(2)4-8/h6-7,10H,3-4,8H2,1-2H3.